The Morgan fingerprint density at radius 1 is 0.708 bits per heavy atom. The molecular weight excluding hydrogens is 362 g/mol. The summed E-state index contributed by atoms with van der Waals surface area (Å²) in [5, 5.41) is 2.36. The van der Waals surface area contributed by atoms with Gasteiger partial charge in [-0.2, -0.15) is 0 Å². The zero-order valence-corrected chi connectivity index (χ0v) is 19.4. The van der Waals surface area contributed by atoms with Gasteiger partial charge in [-0.3, -0.25) is 4.79 Å². The van der Waals surface area contributed by atoms with E-state index in [0.717, 1.165) is 0 Å². The van der Waals surface area contributed by atoms with Gasteiger partial charge >= 0.3 is 17.7 Å². The fourth-order valence-electron chi connectivity index (χ4n) is 1.70. The highest BCUT2D eigenvalue weighted by molar-refractivity contribution is 6.73. The summed E-state index contributed by atoms with van der Waals surface area (Å²) in [6, 6.07) is 0. The molecule has 0 fully saturated rings. The van der Waals surface area contributed by atoms with E-state index in [1.165, 1.54) is 6.92 Å². The highest BCUT2D eigenvalue weighted by atomic mass is 28.4. The first-order valence-corrected chi connectivity index (χ1v) is 18.1. The molecule has 0 aliphatic heterocycles. The number of amides is 1. The minimum atomic E-state index is -2.42. The molecule has 0 aliphatic rings. The highest BCUT2D eigenvalue weighted by Crippen LogP contribution is 2.23. The summed E-state index contributed by atoms with van der Waals surface area (Å²) in [6.07, 6.45) is 0. The standard InChI is InChI=1S/C14H31NO6Si3/c1-11(16)15-14(21-24(8,9)10,12(17)19-22(2,3)4)13(18)20-23(5,6)7/h1-10H3,(H,15,16). The molecule has 140 valence electrons. The van der Waals surface area contributed by atoms with E-state index >= 15 is 0 Å². The average Bonchev–Trinajstić information content (AvgIpc) is 2.19. The lowest BCUT2D eigenvalue weighted by atomic mass is 10.2. The second-order valence-electron chi connectivity index (χ2n) is 8.58. The Morgan fingerprint density at radius 2 is 1.04 bits per heavy atom. The molecule has 7 nitrogen and oxygen atoms in total. The Labute approximate surface area is 147 Å². The van der Waals surface area contributed by atoms with Gasteiger partial charge < -0.3 is 18.6 Å². The molecular formula is C14H31NO6Si3. The predicted octanol–water partition coefficient (Wildman–Crippen LogP) is 2.43. The number of nitrogens with one attached hydrogen (secondary N) is 1. The van der Waals surface area contributed by atoms with Crippen LogP contribution in [0, 0.1) is 0 Å². The van der Waals surface area contributed by atoms with E-state index in [9.17, 15) is 14.4 Å². The van der Waals surface area contributed by atoms with Gasteiger partial charge in [-0.05, 0) is 58.9 Å². The van der Waals surface area contributed by atoms with Gasteiger partial charge in [0.1, 0.15) is 0 Å². The summed E-state index contributed by atoms with van der Waals surface area (Å²) in [5.74, 6) is -2.40. The first-order valence-electron chi connectivity index (χ1n) is 7.84. The topological polar surface area (TPSA) is 90.9 Å². The number of hydrogen-bond donors (Lipinski definition) is 1. The Bertz CT molecular complexity index is 474. The maximum atomic E-state index is 12.8. The first-order chi connectivity index (χ1) is 10.4. The van der Waals surface area contributed by atoms with Gasteiger partial charge in [0.15, 0.2) is 8.32 Å². The summed E-state index contributed by atoms with van der Waals surface area (Å²) in [7, 11) is -7.07. The second-order valence-corrected chi connectivity index (χ2v) is 21.9. The van der Waals surface area contributed by atoms with E-state index < -0.39 is 48.5 Å². The van der Waals surface area contributed by atoms with Crippen molar-refractivity contribution >= 4 is 42.8 Å². The quantitative estimate of drug-likeness (QED) is 0.406. The lowest BCUT2D eigenvalue weighted by Crippen LogP contribution is -2.67. The Morgan fingerprint density at radius 3 is 1.25 bits per heavy atom. The lowest BCUT2D eigenvalue weighted by molar-refractivity contribution is -0.176. The number of hydrogen-bond acceptors (Lipinski definition) is 6. The van der Waals surface area contributed by atoms with E-state index in [1.807, 2.05) is 58.9 Å². The normalized spacial score (nSPS) is 13.2. The molecule has 1 amide bonds. The summed E-state index contributed by atoms with van der Waals surface area (Å²) in [6.45, 7) is 17.5. The van der Waals surface area contributed by atoms with Crippen molar-refractivity contribution < 1.29 is 27.7 Å². The van der Waals surface area contributed by atoms with E-state index in [2.05, 4.69) is 5.32 Å². The Hall–Kier alpha value is -0.979. The third-order valence-corrected chi connectivity index (χ3v) is 4.70. The van der Waals surface area contributed by atoms with Crippen molar-refractivity contribution in [2.45, 2.75) is 71.6 Å². The molecule has 0 aromatic rings. The van der Waals surface area contributed by atoms with E-state index in [1.54, 1.807) is 0 Å². The molecule has 0 rings (SSSR count). The molecule has 0 saturated carbocycles. The molecule has 0 heterocycles. The molecule has 0 spiro atoms. The summed E-state index contributed by atoms with van der Waals surface area (Å²) < 4.78 is 16.8. The van der Waals surface area contributed by atoms with Gasteiger partial charge in [0.2, 0.25) is 22.5 Å². The van der Waals surface area contributed by atoms with Crippen LogP contribution in [0.1, 0.15) is 6.92 Å². The van der Waals surface area contributed by atoms with Crippen molar-refractivity contribution in [2.24, 2.45) is 0 Å². The third-order valence-electron chi connectivity index (χ3n) is 2.18. The highest BCUT2D eigenvalue weighted by Gasteiger charge is 2.55. The Kier molecular flexibility index (Phi) is 7.19. The average molecular weight is 394 g/mol. The van der Waals surface area contributed by atoms with Crippen LogP contribution in [0.25, 0.3) is 0 Å². The number of carbonyl (C=O) groups excluding carboxylic acids is 3. The molecule has 24 heavy (non-hydrogen) atoms. The molecule has 10 heteroatoms. The van der Waals surface area contributed by atoms with Crippen LogP contribution in [0.2, 0.25) is 58.9 Å². The van der Waals surface area contributed by atoms with Crippen molar-refractivity contribution in [3.05, 3.63) is 0 Å². The molecule has 0 aliphatic carbocycles. The van der Waals surface area contributed by atoms with E-state index in [4.69, 9.17) is 13.3 Å². The van der Waals surface area contributed by atoms with Crippen LogP contribution in [0.3, 0.4) is 0 Å². The monoisotopic (exact) mass is 393 g/mol. The van der Waals surface area contributed by atoms with Crippen LogP contribution >= 0.6 is 0 Å². The first kappa shape index (κ1) is 23.0. The van der Waals surface area contributed by atoms with Crippen LogP contribution < -0.4 is 5.32 Å². The third kappa shape index (κ3) is 8.22. The maximum absolute atomic E-state index is 12.8. The molecule has 0 atom stereocenters. The largest absolute Gasteiger partial charge is 0.516 e. The zero-order valence-electron chi connectivity index (χ0n) is 16.4. The van der Waals surface area contributed by atoms with Crippen molar-refractivity contribution in [1.82, 2.24) is 5.32 Å². The predicted molar refractivity (Wildman–Crippen MR) is 99.9 cm³/mol. The molecule has 0 bridgehead atoms. The van der Waals surface area contributed by atoms with Crippen LogP contribution in [0.5, 0.6) is 0 Å². The van der Waals surface area contributed by atoms with Crippen LogP contribution in [0.4, 0.5) is 0 Å². The van der Waals surface area contributed by atoms with Crippen molar-refractivity contribution in [1.29, 1.82) is 0 Å². The second kappa shape index (κ2) is 7.50. The number of carbonyl (C=O) groups is 3. The van der Waals surface area contributed by atoms with Crippen LogP contribution in [-0.4, -0.2) is 48.5 Å². The van der Waals surface area contributed by atoms with Gasteiger partial charge in [0.25, 0.3) is 0 Å². The summed E-state index contributed by atoms with van der Waals surface area (Å²) in [4.78, 5) is 37.4. The van der Waals surface area contributed by atoms with E-state index in [-0.39, 0.29) is 0 Å². The molecule has 0 radical (unpaired) electrons. The number of rotatable bonds is 7. The van der Waals surface area contributed by atoms with Crippen LogP contribution in [-0.2, 0) is 27.7 Å². The fourth-order valence-corrected chi connectivity index (χ4v) is 4.24. The van der Waals surface area contributed by atoms with Gasteiger partial charge in [0, 0.05) is 6.92 Å². The lowest BCUT2D eigenvalue weighted by Gasteiger charge is -2.38. The van der Waals surface area contributed by atoms with Crippen LogP contribution in [0.15, 0.2) is 0 Å². The SMILES string of the molecule is CC(=O)NC(O[Si](C)(C)C)(C(=O)O[Si](C)(C)C)C(=O)O[Si](C)(C)C. The molecule has 0 saturated heterocycles. The smallest absolute Gasteiger partial charge is 0.358 e. The molecule has 1 N–H and O–H groups in total. The summed E-state index contributed by atoms with van der Waals surface area (Å²) >= 11 is 0. The minimum Gasteiger partial charge on any atom is -0.516 e. The van der Waals surface area contributed by atoms with Crippen molar-refractivity contribution in [3.8, 4) is 0 Å². The summed E-state index contributed by atoms with van der Waals surface area (Å²) in [5.41, 5.74) is -2.25. The van der Waals surface area contributed by atoms with Crippen molar-refractivity contribution in [3.63, 3.8) is 0 Å². The van der Waals surface area contributed by atoms with Gasteiger partial charge in [0.05, 0.1) is 0 Å². The van der Waals surface area contributed by atoms with Gasteiger partial charge in [-0.15, -0.1) is 0 Å². The van der Waals surface area contributed by atoms with E-state index in [0.29, 0.717) is 0 Å². The van der Waals surface area contributed by atoms with Gasteiger partial charge in [-0.25, -0.2) is 9.59 Å². The zero-order chi connectivity index (χ0) is 19.6. The maximum Gasteiger partial charge on any atom is 0.358 e. The fraction of sp³-hybridized carbons (Fsp3) is 0.786. The molecule has 0 aromatic carbocycles. The minimum absolute atomic E-state index is 0.576. The van der Waals surface area contributed by atoms with Crippen molar-refractivity contribution in [2.75, 3.05) is 0 Å². The Balaban J connectivity index is 6.09. The molecule has 0 unspecified atom stereocenters. The van der Waals surface area contributed by atoms with Gasteiger partial charge in [-0.1, -0.05) is 0 Å². The molecule has 0 aromatic heterocycles.